The first-order valence-electron chi connectivity index (χ1n) is 7.19. The van der Waals surface area contributed by atoms with Crippen molar-refractivity contribution in [2.24, 2.45) is 5.92 Å². The van der Waals surface area contributed by atoms with Crippen LogP contribution < -0.4 is 4.72 Å². The van der Waals surface area contributed by atoms with Gasteiger partial charge in [-0.1, -0.05) is 25.7 Å². The van der Waals surface area contributed by atoms with Gasteiger partial charge in [0.05, 0.1) is 6.61 Å². The Morgan fingerprint density at radius 3 is 2.75 bits per heavy atom. The van der Waals surface area contributed by atoms with Crippen molar-refractivity contribution in [3.63, 3.8) is 0 Å². The predicted octanol–water partition coefficient (Wildman–Crippen LogP) is 1.46. The molecular formula is C13H23N3O3S. The average Bonchev–Trinajstić information content (AvgIpc) is 3.04. The molecule has 114 valence electrons. The van der Waals surface area contributed by atoms with Crippen molar-refractivity contribution < 1.29 is 13.5 Å². The molecule has 0 bridgehead atoms. The molecule has 0 unspecified atom stereocenters. The number of hydrogen-bond donors (Lipinski definition) is 3. The van der Waals surface area contributed by atoms with Crippen molar-refractivity contribution in [2.45, 2.75) is 57.1 Å². The zero-order valence-electron chi connectivity index (χ0n) is 11.9. The smallest absolute Gasteiger partial charge is 0.260 e. The van der Waals surface area contributed by atoms with Crippen molar-refractivity contribution >= 4 is 10.0 Å². The number of aromatic amines is 1. The summed E-state index contributed by atoms with van der Waals surface area (Å²) in [5.41, 5.74) is 0.923. The van der Waals surface area contributed by atoms with Crippen LogP contribution in [0.4, 0.5) is 0 Å². The predicted molar refractivity (Wildman–Crippen MR) is 75.6 cm³/mol. The Kier molecular flexibility index (Phi) is 5.17. The molecule has 0 spiro atoms. The molecule has 1 fully saturated rings. The van der Waals surface area contributed by atoms with Crippen LogP contribution in [0.5, 0.6) is 0 Å². The van der Waals surface area contributed by atoms with E-state index in [0.29, 0.717) is 17.8 Å². The van der Waals surface area contributed by atoms with E-state index in [9.17, 15) is 13.5 Å². The summed E-state index contributed by atoms with van der Waals surface area (Å²) in [5.74, 6) is 0.764. The summed E-state index contributed by atoms with van der Waals surface area (Å²) >= 11 is 0. The number of sulfonamides is 1. The molecule has 0 saturated heterocycles. The van der Waals surface area contributed by atoms with E-state index in [-0.39, 0.29) is 11.6 Å². The van der Waals surface area contributed by atoms with Crippen molar-refractivity contribution in [1.82, 2.24) is 14.9 Å². The van der Waals surface area contributed by atoms with Crippen LogP contribution in [0.25, 0.3) is 0 Å². The van der Waals surface area contributed by atoms with E-state index >= 15 is 0 Å². The maximum Gasteiger partial charge on any atom is 0.260 e. The molecule has 0 amide bonds. The first-order chi connectivity index (χ1) is 9.54. The van der Waals surface area contributed by atoms with Gasteiger partial charge in [-0.2, -0.15) is 5.10 Å². The van der Waals surface area contributed by atoms with E-state index in [4.69, 9.17) is 0 Å². The normalized spacial score (nSPS) is 16.9. The summed E-state index contributed by atoms with van der Waals surface area (Å²) in [6, 6.07) is 0. The minimum Gasteiger partial charge on any atom is -0.392 e. The van der Waals surface area contributed by atoms with Crippen LogP contribution in [0, 0.1) is 12.8 Å². The molecule has 1 aliphatic rings. The second kappa shape index (κ2) is 6.69. The highest BCUT2D eigenvalue weighted by atomic mass is 32.2. The fourth-order valence-corrected chi connectivity index (χ4v) is 4.06. The molecule has 0 aromatic carbocycles. The minimum atomic E-state index is -3.63. The van der Waals surface area contributed by atoms with E-state index in [1.165, 1.54) is 25.7 Å². The highest BCUT2D eigenvalue weighted by Crippen LogP contribution is 2.28. The lowest BCUT2D eigenvalue weighted by atomic mass is 10.0. The van der Waals surface area contributed by atoms with E-state index in [1.807, 2.05) is 0 Å². The Morgan fingerprint density at radius 1 is 1.40 bits per heavy atom. The second-order valence-corrected chi connectivity index (χ2v) is 7.16. The number of H-pyrrole nitrogens is 1. The lowest BCUT2D eigenvalue weighted by Crippen LogP contribution is -2.26. The minimum absolute atomic E-state index is 0.0848. The molecule has 3 N–H and O–H groups in total. The summed E-state index contributed by atoms with van der Waals surface area (Å²) in [6.45, 7) is 1.79. The van der Waals surface area contributed by atoms with Gasteiger partial charge in [-0.3, -0.25) is 5.10 Å². The third kappa shape index (κ3) is 3.59. The van der Waals surface area contributed by atoms with Crippen LogP contribution in [-0.4, -0.2) is 30.3 Å². The SMILES string of the molecule is Cc1[nH]nc(S(=O)(=O)NCCCC2CCCC2)c1CO. The van der Waals surface area contributed by atoms with Gasteiger partial charge in [0.2, 0.25) is 0 Å². The zero-order valence-corrected chi connectivity index (χ0v) is 12.7. The monoisotopic (exact) mass is 301 g/mol. The Balaban J connectivity index is 1.87. The number of aromatic nitrogens is 2. The fourth-order valence-electron chi connectivity index (χ4n) is 2.80. The van der Waals surface area contributed by atoms with Gasteiger partial charge in [0.15, 0.2) is 5.03 Å². The standard InChI is InChI=1S/C13H23N3O3S/c1-10-12(9-17)13(16-15-10)20(18,19)14-8-4-7-11-5-2-3-6-11/h11,14,17H,2-9H2,1H3,(H,15,16). The van der Waals surface area contributed by atoms with Gasteiger partial charge >= 0.3 is 0 Å². The first kappa shape index (κ1) is 15.5. The van der Waals surface area contributed by atoms with Crippen molar-refractivity contribution in [2.75, 3.05) is 6.54 Å². The largest absolute Gasteiger partial charge is 0.392 e. The average molecular weight is 301 g/mol. The summed E-state index contributed by atoms with van der Waals surface area (Å²) in [7, 11) is -3.63. The molecule has 1 aromatic rings. The zero-order chi connectivity index (χ0) is 14.6. The molecule has 1 aromatic heterocycles. The Labute approximate surface area is 120 Å². The lowest BCUT2D eigenvalue weighted by molar-refractivity contribution is 0.277. The quantitative estimate of drug-likeness (QED) is 0.664. The van der Waals surface area contributed by atoms with Crippen molar-refractivity contribution in [1.29, 1.82) is 0 Å². The number of aliphatic hydroxyl groups is 1. The van der Waals surface area contributed by atoms with E-state index in [1.54, 1.807) is 6.92 Å². The van der Waals surface area contributed by atoms with Crippen LogP contribution in [0.2, 0.25) is 0 Å². The Hall–Kier alpha value is -0.920. The second-order valence-electron chi connectivity index (χ2n) is 5.48. The molecule has 20 heavy (non-hydrogen) atoms. The molecule has 0 radical (unpaired) electrons. The number of hydrogen-bond acceptors (Lipinski definition) is 4. The third-order valence-electron chi connectivity index (χ3n) is 4.00. The van der Waals surface area contributed by atoms with E-state index in [0.717, 1.165) is 18.8 Å². The number of aryl methyl sites for hydroxylation is 1. The first-order valence-corrected chi connectivity index (χ1v) is 8.67. The molecular weight excluding hydrogens is 278 g/mol. The summed E-state index contributed by atoms with van der Waals surface area (Å²) in [6.07, 6.45) is 7.10. The summed E-state index contributed by atoms with van der Waals surface area (Å²) in [5, 5.41) is 15.5. The Morgan fingerprint density at radius 2 is 2.10 bits per heavy atom. The van der Waals surface area contributed by atoms with Crippen LogP contribution in [0.3, 0.4) is 0 Å². The maximum atomic E-state index is 12.1. The van der Waals surface area contributed by atoms with Crippen molar-refractivity contribution in [3.8, 4) is 0 Å². The number of nitrogens with one attached hydrogen (secondary N) is 2. The molecule has 0 atom stereocenters. The van der Waals surface area contributed by atoms with Gasteiger partial charge in [-0.25, -0.2) is 13.1 Å². The summed E-state index contributed by atoms with van der Waals surface area (Å²) in [4.78, 5) is 0. The lowest BCUT2D eigenvalue weighted by Gasteiger charge is -2.09. The molecule has 1 heterocycles. The van der Waals surface area contributed by atoms with Gasteiger partial charge < -0.3 is 5.11 Å². The highest BCUT2D eigenvalue weighted by Gasteiger charge is 2.23. The number of rotatable bonds is 7. The van der Waals surface area contributed by atoms with Crippen molar-refractivity contribution in [3.05, 3.63) is 11.3 Å². The van der Waals surface area contributed by atoms with Gasteiger partial charge in [0, 0.05) is 17.8 Å². The third-order valence-corrected chi connectivity index (χ3v) is 5.44. The molecule has 0 aliphatic heterocycles. The van der Waals surface area contributed by atoms with E-state index < -0.39 is 10.0 Å². The van der Waals surface area contributed by atoms with Crippen LogP contribution >= 0.6 is 0 Å². The van der Waals surface area contributed by atoms with E-state index in [2.05, 4.69) is 14.9 Å². The highest BCUT2D eigenvalue weighted by molar-refractivity contribution is 7.89. The molecule has 6 nitrogen and oxygen atoms in total. The molecule has 1 aliphatic carbocycles. The maximum absolute atomic E-state index is 12.1. The number of aliphatic hydroxyl groups excluding tert-OH is 1. The van der Waals surface area contributed by atoms with Gasteiger partial charge in [0.1, 0.15) is 0 Å². The van der Waals surface area contributed by atoms with Crippen LogP contribution in [0.1, 0.15) is 49.8 Å². The van der Waals surface area contributed by atoms with Gasteiger partial charge in [0.25, 0.3) is 10.0 Å². The Bertz CT molecular complexity index is 533. The van der Waals surface area contributed by atoms with Gasteiger partial charge in [-0.15, -0.1) is 0 Å². The van der Waals surface area contributed by atoms with Crippen LogP contribution in [0.15, 0.2) is 5.03 Å². The van der Waals surface area contributed by atoms with Crippen LogP contribution in [-0.2, 0) is 16.6 Å². The molecule has 2 rings (SSSR count). The topological polar surface area (TPSA) is 95.1 Å². The summed E-state index contributed by atoms with van der Waals surface area (Å²) < 4.78 is 26.8. The number of nitrogens with zero attached hydrogens (tertiary/aromatic N) is 1. The fraction of sp³-hybridized carbons (Fsp3) is 0.769. The molecule has 1 saturated carbocycles. The molecule has 7 heteroatoms. The van der Waals surface area contributed by atoms with Gasteiger partial charge in [-0.05, 0) is 25.7 Å².